The molecule has 178 valence electrons. The molecular formula is C27H31N3O3S. The molecule has 2 aromatic rings. The van der Waals surface area contributed by atoms with Crippen LogP contribution in [0.2, 0.25) is 0 Å². The monoisotopic (exact) mass is 477 g/mol. The third kappa shape index (κ3) is 4.53. The van der Waals surface area contributed by atoms with Crippen molar-refractivity contribution in [3.63, 3.8) is 0 Å². The van der Waals surface area contributed by atoms with E-state index in [0.717, 1.165) is 54.6 Å². The number of fused-ring (bicyclic) bond motifs is 1. The summed E-state index contributed by atoms with van der Waals surface area (Å²) in [6, 6.07) is 9.53. The van der Waals surface area contributed by atoms with Crippen LogP contribution in [-0.2, 0) is 16.3 Å². The summed E-state index contributed by atoms with van der Waals surface area (Å²) in [5.41, 5.74) is 7.89. The Hall–Kier alpha value is -2.93. The first-order chi connectivity index (χ1) is 16.3. The second-order valence-corrected chi connectivity index (χ2v) is 11.7. The van der Waals surface area contributed by atoms with E-state index in [-0.39, 0.29) is 6.03 Å². The van der Waals surface area contributed by atoms with E-state index in [1.54, 1.807) is 12.1 Å². The number of hydrogen-bond acceptors (Lipinski definition) is 4. The summed E-state index contributed by atoms with van der Waals surface area (Å²) in [7, 11) is -3.22. The lowest BCUT2D eigenvalue weighted by molar-refractivity contribution is 0.196. The highest BCUT2D eigenvalue weighted by Crippen LogP contribution is 2.38. The van der Waals surface area contributed by atoms with Gasteiger partial charge in [-0.15, -0.1) is 0 Å². The molecule has 34 heavy (non-hydrogen) atoms. The molecule has 2 amide bonds. The largest absolute Gasteiger partial charge is 0.335 e. The zero-order valence-electron chi connectivity index (χ0n) is 19.8. The molecule has 0 atom stereocenters. The Bertz CT molecular complexity index is 1290. The average molecular weight is 478 g/mol. The van der Waals surface area contributed by atoms with Crippen molar-refractivity contribution in [2.75, 3.05) is 19.3 Å². The highest BCUT2D eigenvalue weighted by atomic mass is 32.2. The minimum Gasteiger partial charge on any atom is -0.335 e. The number of pyridine rings is 1. The highest BCUT2D eigenvalue weighted by molar-refractivity contribution is 7.90. The number of amides is 2. The molecule has 1 aromatic carbocycles. The number of carbonyl (C=O) groups is 1. The van der Waals surface area contributed by atoms with Gasteiger partial charge in [-0.2, -0.15) is 0 Å². The number of aromatic nitrogens is 1. The van der Waals surface area contributed by atoms with Crippen molar-refractivity contribution in [2.24, 2.45) is 0 Å². The van der Waals surface area contributed by atoms with E-state index < -0.39 is 9.84 Å². The Morgan fingerprint density at radius 2 is 1.85 bits per heavy atom. The number of rotatable bonds is 4. The van der Waals surface area contributed by atoms with Gasteiger partial charge < -0.3 is 10.2 Å². The van der Waals surface area contributed by atoms with Crippen LogP contribution < -0.4 is 5.32 Å². The van der Waals surface area contributed by atoms with E-state index in [4.69, 9.17) is 4.98 Å². The maximum atomic E-state index is 12.7. The Labute approximate surface area is 201 Å². The van der Waals surface area contributed by atoms with Gasteiger partial charge in [0, 0.05) is 49.1 Å². The van der Waals surface area contributed by atoms with Gasteiger partial charge in [-0.1, -0.05) is 36.6 Å². The Morgan fingerprint density at radius 1 is 1.12 bits per heavy atom. The van der Waals surface area contributed by atoms with Crippen LogP contribution in [0.15, 0.2) is 58.6 Å². The van der Waals surface area contributed by atoms with Crippen LogP contribution in [0.5, 0.6) is 0 Å². The number of nitrogens with one attached hydrogen (secondary N) is 1. The van der Waals surface area contributed by atoms with Crippen LogP contribution in [0.4, 0.5) is 4.79 Å². The molecule has 1 saturated carbocycles. The van der Waals surface area contributed by atoms with Gasteiger partial charge in [-0.25, -0.2) is 13.2 Å². The third-order valence-electron chi connectivity index (χ3n) is 7.25. The summed E-state index contributed by atoms with van der Waals surface area (Å²) < 4.78 is 23.6. The first-order valence-electron chi connectivity index (χ1n) is 12.0. The van der Waals surface area contributed by atoms with Crippen LogP contribution in [0.25, 0.3) is 16.7 Å². The summed E-state index contributed by atoms with van der Waals surface area (Å²) in [5.74, 6) is 0. The molecule has 1 aromatic heterocycles. The zero-order valence-corrected chi connectivity index (χ0v) is 20.6. The Kier molecular flexibility index (Phi) is 6.06. The molecule has 1 N–H and O–H groups in total. The molecule has 0 radical (unpaired) electrons. The summed E-state index contributed by atoms with van der Waals surface area (Å²) >= 11 is 0. The minimum absolute atomic E-state index is 0.0626. The van der Waals surface area contributed by atoms with Crippen LogP contribution >= 0.6 is 0 Å². The first kappa shape index (κ1) is 22.8. The first-order valence-corrected chi connectivity index (χ1v) is 13.9. The predicted octanol–water partition coefficient (Wildman–Crippen LogP) is 4.77. The quantitative estimate of drug-likeness (QED) is 0.688. The fourth-order valence-corrected chi connectivity index (χ4v) is 5.96. The standard InChI is InChI=1S/C27H31N3O3S/c1-18-17-30(27(31)29-21-5-3-4-6-21)14-13-23(18)24-11-12-26-25(24)15-20(16-28-26)19-7-9-22(10-8-19)34(2,32)33/h7-11,15-16,21H,3-6,12-14,17H2,1-2H3,(H,29,31). The number of sulfone groups is 1. The molecule has 2 heterocycles. The van der Waals surface area contributed by atoms with Crippen molar-refractivity contribution in [1.29, 1.82) is 0 Å². The van der Waals surface area contributed by atoms with E-state index in [2.05, 4.69) is 24.4 Å². The molecular weight excluding hydrogens is 446 g/mol. The lowest BCUT2D eigenvalue weighted by Crippen LogP contribution is -2.46. The van der Waals surface area contributed by atoms with Crippen LogP contribution in [-0.4, -0.2) is 49.7 Å². The van der Waals surface area contributed by atoms with E-state index in [9.17, 15) is 13.2 Å². The number of benzene rings is 1. The smallest absolute Gasteiger partial charge is 0.317 e. The molecule has 1 fully saturated rings. The van der Waals surface area contributed by atoms with Gasteiger partial charge in [-0.3, -0.25) is 4.98 Å². The normalized spacial score (nSPS) is 18.8. The summed E-state index contributed by atoms with van der Waals surface area (Å²) in [5, 5.41) is 3.21. The van der Waals surface area contributed by atoms with E-state index >= 15 is 0 Å². The topological polar surface area (TPSA) is 79.4 Å². The van der Waals surface area contributed by atoms with Gasteiger partial charge in [0.2, 0.25) is 0 Å². The van der Waals surface area contributed by atoms with Gasteiger partial charge in [0.1, 0.15) is 0 Å². The van der Waals surface area contributed by atoms with Crippen LogP contribution in [0, 0.1) is 0 Å². The molecule has 0 bridgehead atoms. The molecule has 6 nitrogen and oxygen atoms in total. The average Bonchev–Trinajstić information content (AvgIpc) is 3.48. The maximum absolute atomic E-state index is 12.7. The molecule has 2 aliphatic carbocycles. The fraction of sp³-hybridized carbons (Fsp3) is 0.407. The van der Waals surface area contributed by atoms with Crippen LogP contribution in [0.1, 0.15) is 50.3 Å². The summed E-state index contributed by atoms with van der Waals surface area (Å²) in [6.07, 6.45) is 11.6. The highest BCUT2D eigenvalue weighted by Gasteiger charge is 2.28. The predicted molar refractivity (Wildman–Crippen MR) is 134 cm³/mol. The third-order valence-corrected chi connectivity index (χ3v) is 8.37. The lowest BCUT2D eigenvalue weighted by Gasteiger charge is -2.31. The van der Waals surface area contributed by atoms with Gasteiger partial charge in [0.15, 0.2) is 9.84 Å². The molecule has 7 heteroatoms. The maximum Gasteiger partial charge on any atom is 0.317 e. The Morgan fingerprint density at radius 3 is 2.53 bits per heavy atom. The van der Waals surface area contributed by atoms with Crippen molar-refractivity contribution in [1.82, 2.24) is 15.2 Å². The van der Waals surface area contributed by atoms with Gasteiger partial charge in [-0.05, 0) is 61.1 Å². The van der Waals surface area contributed by atoms with Gasteiger partial charge >= 0.3 is 6.03 Å². The fourth-order valence-electron chi connectivity index (χ4n) is 5.33. The molecule has 0 saturated heterocycles. The van der Waals surface area contributed by atoms with Gasteiger partial charge in [0.05, 0.1) is 10.6 Å². The van der Waals surface area contributed by atoms with Crippen molar-refractivity contribution in [2.45, 2.75) is 56.4 Å². The molecule has 0 unspecified atom stereocenters. The zero-order chi connectivity index (χ0) is 23.9. The number of hydrogen-bond donors (Lipinski definition) is 1. The summed E-state index contributed by atoms with van der Waals surface area (Å²) in [6.45, 7) is 3.50. The second-order valence-electron chi connectivity index (χ2n) is 9.70. The van der Waals surface area contributed by atoms with Crippen LogP contribution in [0.3, 0.4) is 0 Å². The number of nitrogens with zero attached hydrogens (tertiary/aromatic N) is 2. The number of urea groups is 1. The van der Waals surface area contributed by atoms with Crippen molar-refractivity contribution < 1.29 is 13.2 Å². The Balaban J connectivity index is 1.35. The van der Waals surface area contributed by atoms with E-state index in [0.29, 0.717) is 17.5 Å². The van der Waals surface area contributed by atoms with Gasteiger partial charge in [0.25, 0.3) is 0 Å². The lowest BCUT2D eigenvalue weighted by atomic mass is 9.90. The minimum atomic E-state index is -3.22. The molecule has 0 spiro atoms. The number of carbonyl (C=O) groups excluding carboxylic acids is 1. The van der Waals surface area contributed by atoms with E-state index in [1.807, 2.05) is 23.2 Å². The molecule has 3 aliphatic rings. The molecule has 5 rings (SSSR count). The number of allylic oxidation sites excluding steroid dienone is 2. The van der Waals surface area contributed by atoms with Crippen molar-refractivity contribution in [3.8, 4) is 11.1 Å². The van der Waals surface area contributed by atoms with Crippen molar-refractivity contribution in [3.05, 3.63) is 65.0 Å². The molecule has 1 aliphatic heterocycles. The summed E-state index contributed by atoms with van der Waals surface area (Å²) in [4.78, 5) is 19.7. The second kappa shape index (κ2) is 9.02. The van der Waals surface area contributed by atoms with E-state index in [1.165, 1.54) is 35.8 Å². The van der Waals surface area contributed by atoms with Crippen molar-refractivity contribution >= 4 is 21.4 Å². The SMILES string of the molecule is CC1=C(C2=CCc3ncc(-c4ccc(S(C)(=O)=O)cc4)cc32)CCN(C(=O)NC2CCCC2)C1.